The van der Waals surface area contributed by atoms with Crippen LogP contribution in [-0.2, 0) is 22.6 Å². The Morgan fingerprint density at radius 1 is 0.964 bits per heavy atom. The van der Waals surface area contributed by atoms with E-state index in [2.05, 4.69) is 20.8 Å². The molecule has 0 aliphatic heterocycles. The summed E-state index contributed by atoms with van der Waals surface area (Å²) in [6, 6.07) is 17.4. The first-order valence-corrected chi connectivity index (χ1v) is 9.07. The van der Waals surface area contributed by atoms with Crippen molar-refractivity contribution in [2.24, 2.45) is 0 Å². The minimum atomic E-state index is -0.245. The normalized spacial score (nSPS) is 10.5. The third kappa shape index (κ3) is 5.77. The molecule has 144 valence electrons. The lowest BCUT2D eigenvalue weighted by Gasteiger charge is -2.06. The predicted molar refractivity (Wildman–Crippen MR) is 104 cm³/mol. The SMILES string of the molecule is Cc1ccc(-c2noc(CCC(=O)NCC(=O)NCc3ccccc3)n2)cc1. The molecule has 0 saturated heterocycles. The van der Waals surface area contributed by atoms with Crippen LogP contribution in [0.3, 0.4) is 0 Å². The van der Waals surface area contributed by atoms with Crippen LogP contribution in [0.2, 0.25) is 0 Å². The molecule has 7 heteroatoms. The van der Waals surface area contributed by atoms with Gasteiger partial charge in [0.05, 0.1) is 6.54 Å². The molecule has 0 aliphatic carbocycles. The topological polar surface area (TPSA) is 97.1 Å². The molecule has 0 saturated carbocycles. The van der Waals surface area contributed by atoms with Crippen LogP contribution < -0.4 is 10.6 Å². The van der Waals surface area contributed by atoms with Gasteiger partial charge in [-0.2, -0.15) is 4.98 Å². The highest BCUT2D eigenvalue weighted by atomic mass is 16.5. The fourth-order valence-corrected chi connectivity index (χ4v) is 2.52. The van der Waals surface area contributed by atoms with Crippen LogP contribution in [0.4, 0.5) is 0 Å². The highest BCUT2D eigenvalue weighted by molar-refractivity contribution is 5.84. The third-order valence-electron chi connectivity index (χ3n) is 4.12. The van der Waals surface area contributed by atoms with Crippen molar-refractivity contribution in [3.63, 3.8) is 0 Å². The first-order chi connectivity index (χ1) is 13.6. The molecule has 0 unspecified atom stereocenters. The molecule has 1 aromatic heterocycles. The predicted octanol–water partition coefficient (Wildman–Crippen LogP) is 2.41. The fourth-order valence-electron chi connectivity index (χ4n) is 2.52. The molecule has 28 heavy (non-hydrogen) atoms. The van der Waals surface area contributed by atoms with E-state index in [4.69, 9.17) is 4.52 Å². The minimum Gasteiger partial charge on any atom is -0.350 e. The maximum absolute atomic E-state index is 11.9. The Hall–Kier alpha value is -3.48. The van der Waals surface area contributed by atoms with E-state index in [-0.39, 0.29) is 24.8 Å². The number of hydrogen-bond acceptors (Lipinski definition) is 5. The Balaban J connectivity index is 1.38. The van der Waals surface area contributed by atoms with Gasteiger partial charge in [0, 0.05) is 24.9 Å². The van der Waals surface area contributed by atoms with E-state index in [1.165, 1.54) is 0 Å². The third-order valence-corrected chi connectivity index (χ3v) is 4.12. The first kappa shape index (κ1) is 19.3. The van der Waals surface area contributed by atoms with E-state index < -0.39 is 0 Å². The second-order valence-electron chi connectivity index (χ2n) is 6.42. The summed E-state index contributed by atoms with van der Waals surface area (Å²) in [5, 5.41) is 9.29. The van der Waals surface area contributed by atoms with Gasteiger partial charge in [0.25, 0.3) is 0 Å². The van der Waals surface area contributed by atoms with Crippen LogP contribution in [0, 0.1) is 6.92 Å². The lowest BCUT2D eigenvalue weighted by molar-refractivity contribution is -0.126. The number of rotatable bonds is 8. The quantitative estimate of drug-likeness (QED) is 0.627. The first-order valence-electron chi connectivity index (χ1n) is 9.07. The van der Waals surface area contributed by atoms with Crippen LogP contribution in [-0.4, -0.2) is 28.5 Å². The second-order valence-corrected chi connectivity index (χ2v) is 6.42. The molecular weight excluding hydrogens is 356 g/mol. The highest BCUT2D eigenvalue weighted by Gasteiger charge is 2.11. The fraction of sp³-hybridized carbons (Fsp3) is 0.238. The van der Waals surface area contributed by atoms with Crippen molar-refractivity contribution in [1.29, 1.82) is 0 Å². The van der Waals surface area contributed by atoms with Crippen LogP contribution >= 0.6 is 0 Å². The molecule has 7 nitrogen and oxygen atoms in total. The van der Waals surface area contributed by atoms with Crippen LogP contribution in [0.1, 0.15) is 23.4 Å². The number of aryl methyl sites for hydroxylation is 2. The summed E-state index contributed by atoms with van der Waals surface area (Å²) in [5.74, 6) is 0.400. The van der Waals surface area contributed by atoms with Crippen molar-refractivity contribution in [2.75, 3.05) is 6.54 Å². The molecular formula is C21H22N4O3. The van der Waals surface area contributed by atoms with Gasteiger partial charge >= 0.3 is 0 Å². The summed E-state index contributed by atoms with van der Waals surface area (Å²) >= 11 is 0. The molecule has 0 spiro atoms. The van der Waals surface area contributed by atoms with Crippen LogP contribution in [0.15, 0.2) is 59.1 Å². The average Bonchev–Trinajstić information content (AvgIpc) is 3.19. The van der Waals surface area contributed by atoms with Gasteiger partial charge in [0.1, 0.15) is 0 Å². The molecule has 2 amide bonds. The zero-order chi connectivity index (χ0) is 19.8. The molecule has 2 N–H and O–H groups in total. The van der Waals surface area contributed by atoms with Crippen molar-refractivity contribution in [3.8, 4) is 11.4 Å². The summed E-state index contributed by atoms with van der Waals surface area (Å²) in [5.41, 5.74) is 3.01. The lowest BCUT2D eigenvalue weighted by atomic mass is 10.1. The van der Waals surface area contributed by atoms with E-state index in [1.54, 1.807) is 0 Å². The summed E-state index contributed by atoms with van der Waals surface area (Å²) in [4.78, 5) is 28.0. The van der Waals surface area contributed by atoms with Gasteiger partial charge in [0.2, 0.25) is 23.5 Å². The van der Waals surface area contributed by atoms with Crippen molar-refractivity contribution in [1.82, 2.24) is 20.8 Å². The van der Waals surface area contributed by atoms with Crippen molar-refractivity contribution >= 4 is 11.8 Å². The lowest BCUT2D eigenvalue weighted by Crippen LogP contribution is -2.36. The molecule has 0 atom stereocenters. The highest BCUT2D eigenvalue weighted by Crippen LogP contribution is 2.16. The Bertz CT molecular complexity index is 920. The van der Waals surface area contributed by atoms with Gasteiger partial charge in [0.15, 0.2) is 0 Å². The van der Waals surface area contributed by atoms with Gasteiger partial charge in [-0.15, -0.1) is 0 Å². The number of nitrogens with zero attached hydrogens (tertiary/aromatic N) is 2. The number of carbonyl (C=O) groups excluding carboxylic acids is 2. The van der Waals surface area contributed by atoms with E-state index in [1.807, 2.05) is 61.5 Å². The summed E-state index contributed by atoms with van der Waals surface area (Å²) < 4.78 is 5.19. The summed E-state index contributed by atoms with van der Waals surface area (Å²) in [6.07, 6.45) is 0.484. The number of amides is 2. The number of benzene rings is 2. The van der Waals surface area contributed by atoms with Gasteiger partial charge in [-0.3, -0.25) is 9.59 Å². The Labute approximate surface area is 163 Å². The molecule has 1 heterocycles. The number of aromatic nitrogens is 2. The van der Waals surface area contributed by atoms with E-state index in [0.29, 0.717) is 24.7 Å². The summed E-state index contributed by atoms with van der Waals surface area (Å²) in [6.45, 7) is 2.37. The zero-order valence-electron chi connectivity index (χ0n) is 15.6. The Morgan fingerprint density at radius 3 is 2.46 bits per heavy atom. The average molecular weight is 378 g/mol. The molecule has 2 aromatic carbocycles. The number of nitrogens with one attached hydrogen (secondary N) is 2. The van der Waals surface area contributed by atoms with Crippen LogP contribution in [0.5, 0.6) is 0 Å². The summed E-state index contributed by atoms with van der Waals surface area (Å²) in [7, 11) is 0. The van der Waals surface area contributed by atoms with E-state index >= 15 is 0 Å². The molecule has 0 aliphatic rings. The minimum absolute atomic E-state index is 0.0654. The molecule has 0 bridgehead atoms. The van der Waals surface area contributed by atoms with Gasteiger partial charge < -0.3 is 15.2 Å². The largest absolute Gasteiger partial charge is 0.350 e. The Kier molecular flexibility index (Phi) is 6.51. The van der Waals surface area contributed by atoms with E-state index in [9.17, 15) is 9.59 Å². The number of carbonyl (C=O) groups is 2. The standard InChI is InChI=1S/C21H22N4O3/c1-15-7-9-17(10-8-15)21-24-20(28-25-21)12-11-18(26)23-14-19(27)22-13-16-5-3-2-4-6-16/h2-10H,11-14H2,1H3,(H,22,27)(H,23,26). The van der Waals surface area contributed by atoms with Gasteiger partial charge in [-0.05, 0) is 12.5 Å². The van der Waals surface area contributed by atoms with Crippen LogP contribution in [0.25, 0.3) is 11.4 Å². The monoisotopic (exact) mass is 378 g/mol. The Morgan fingerprint density at radius 2 is 1.71 bits per heavy atom. The van der Waals surface area contributed by atoms with E-state index in [0.717, 1.165) is 16.7 Å². The zero-order valence-corrected chi connectivity index (χ0v) is 15.6. The molecule has 3 rings (SSSR count). The van der Waals surface area contributed by atoms with Crippen molar-refractivity contribution in [2.45, 2.75) is 26.3 Å². The van der Waals surface area contributed by atoms with Crippen molar-refractivity contribution < 1.29 is 14.1 Å². The smallest absolute Gasteiger partial charge is 0.239 e. The van der Waals surface area contributed by atoms with Crippen molar-refractivity contribution in [3.05, 3.63) is 71.6 Å². The molecule has 3 aromatic rings. The van der Waals surface area contributed by atoms with Gasteiger partial charge in [-0.1, -0.05) is 65.3 Å². The second kappa shape index (κ2) is 9.45. The van der Waals surface area contributed by atoms with Gasteiger partial charge in [-0.25, -0.2) is 0 Å². The maximum Gasteiger partial charge on any atom is 0.239 e. The molecule has 0 fully saturated rings. The number of hydrogen-bond donors (Lipinski definition) is 2. The maximum atomic E-state index is 11.9. The molecule has 0 radical (unpaired) electrons.